The van der Waals surface area contributed by atoms with Gasteiger partial charge in [-0.3, -0.25) is 0 Å². The minimum atomic E-state index is 0.505. The molecule has 1 aliphatic heterocycles. The van der Waals surface area contributed by atoms with Crippen molar-refractivity contribution in [3.63, 3.8) is 0 Å². The molecule has 1 aromatic heterocycles. The fraction of sp³-hybridized carbons (Fsp3) is 0.308. The minimum absolute atomic E-state index is 0.505. The summed E-state index contributed by atoms with van der Waals surface area (Å²) in [4.78, 5) is 4.50. The molecule has 2 aromatic rings. The van der Waals surface area contributed by atoms with E-state index >= 15 is 0 Å². The van der Waals surface area contributed by atoms with Crippen LogP contribution >= 0.6 is 11.3 Å². The van der Waals surface area contributed by atoms with E-state index in [1.165, 1.54) is 11.1 Å². The van der Waals surface area contributed by atoms with Crippen molar-refractivity contribution in [1.82, 2.24) is 4.98 Å². The second-order valence-corrected chi connectivity index (χ2v) is 4.98. The lowest BCUT2D eigenvalue weighted by atomic mass is 10.0. The molecular formula is C13H14N2OS. The van der Waals surface area contributed by atoms with E-state index in [9.17, 15) is 0 Å². The average Bonchev–Trinajstić information content (AvgIpc) is 2.87. The zero-order chi connectivity index (χ0) is 11.7. The molecule has 3 nitrogen and oxygen atoms in total. The Bertz CT molecular complexity index is 536. The molecule has 0 saturated heterocycles. The molecule has 88 valence electrons. The number of hydrogen-bond donors (Lipinski definition) is 1. The van der Waals surface area contributed by atoms with Crippen molar-refractivity contribution in [2.75, 3.05) is 6.61 Å². The molecule has 0 aliphatic carbocycles. The van der Waals surface area contributed by atoms with Gasteiger partial charge in [-0.1, -0.05) is 0 Å². The largest absolute Gasteiger partial charge is 0.493 e. The van der Waals surface area contributed by atoms with E-state index in [-0.39, 0.29) is 0 Å². The molecule has 0 unspecified atom stereocenters. The molecule has 0 bridgehead atoms. The van der Waals surface area contributed by atoms with Crippen LogP contribution in [-0.4, -0.2) is 11.6 Å². The molecule has 4 heteroatoms. The van der Waals surface area contributed by atoms with Gasteiger partial charge < -0.3 is 10.5 Å². The first kappa shape index (κ1) is 10.7. The highest BCUT2D eigenvalue weighted by atomic mass is 32.1. The van der Waals surface area contributed by atoms with Crippen LogP contribution in [0.4, 0.5) is 0 Å². The molecule has 1 aromatic carbocycles. The molecule has 17 heavy (non-hydrogen) atoms. The SMILES string of the molecule is NCc1csc(-c2ccc3c(c2)CCCO3)n1. The number of nitrogens with two attached hydrogens (primary N) is 1. The lowest BCUT2D eigenvalue weighted by molar-refractivity contribution is 0.288. The highest BCUT2D eigenvalue weighted by Gasteiger charge is 2.12. The molecule has 1 aliphatic rings. The van der Waals surface area contributed by atoms with E-state index in [1.807, 2.05) is 11.4 Å². The van der Waals surface area contributed by atoms with Crippen molar-refractivity contribution >= 4 is 11.3 Å². The Hall–Kier alpha value is -1.39. The second-order valence-electron chi connectivity index (χ2n) is 4.12. The molecule has 0 radical (unpaired) electrons. The molecule has 2 N–H and O–H groups in total. The van der Waals surface area contributed by atoms with Crippen molar-refractivity contribution in [3.05, 3.63) is 34.8 Å². The fourth-order valence-corrected chi connectivity index (χ4v) is 2.86. The third-order valence-electron chi connectivity index (χ3n) is 2.92. The summed E-state index contributed by atoms with van der Waals surface area (Å²) in [5.41, 5.74) is 8.99. The summed E-state index contributed by atoms with van der Waals surface area (Å²) in [6.07, 6.45) is 2.20. The number of nitrogens with zero attached hydrogens (tertiary/aromatic N) is 1. The maximum absolute atomic E-state index is 5.60. The molecule has 0 atom stereocenters. The van der Waals surface area contributed by atoms with E-state index in [4.69, 9.17) is 10.5 Å². The zero-order valence-electron chi connectivity index (χ0n) is 9.48. The van der Waals surface area contributed by atoms with Gasteiger partial charge in [0.1, 0.15) is 10.8 Å². The average molecular weight is 246 g/mol. The molecule has 3 rings (SSSR count). The van der Waals surface area contributed by atoms with Crippen LogP contribution in [0.3, 0.4) is 0 Å². The number of ether oxygens (including phenoxy) is 1. The van der Waals surface area contributed by atoms with Gasteiger partial charge in [0.25, 0.3) is 0 Å². The van der Waals surface area contributed by atoms with Crippen LogP contribution in [-0.2, 0) is 13.0 Å². The maximum Gasteiger partial charge on any atom is 0.123 e. The van der Waals surface area contributed by atoms with Crippen LogP contribution < -0.4 is 10.5 Å². The van der Waals surface area contributed by atoms with Crippen LogP contribution in [0.2, 0.25) is 0 Å². The molecular weight excluding hydrogens is 232 g/mol. The van der Waals surface area contributed by atoms with Gasteiger partial charge in [0.15, 0.2) is 0 Å². The van der Waals surface area contributed by atoms with Gasteiger partial charge in [-0.15, -0.1) is 11.3 Å². The molecule has 2 heterocycles. The van der Waals surface area contributed by atoms with E-state index in [0.29, 0.717) is 6.54 Å². The van der Waals surface area contributed by atoms with Gasteiger partial charge in [-0.25, -0.2) is 4.98 Å². The summed E-state index contributed by atoms with van der Waals surface area (Å²) >= 11 is 1.65. The quantitative estimate of drug-likeness (QED) is 0.886. The number of aromatic nitrogens is 1. The topological polar surface area (TPSA) is 48.1 Å². The first-order valence-electron chi connectivity index (χ1n) is 5.77. The first-order valence-corrected chi connectivity index (χ1v) is 6.65. The molecule has 0 amide bonds. The lowest BCUT2D eigenvalue weighted by Crippen LogP contribution is -2.08. The monoisotopic (exact) mass is 246 g/mol. The Morgan fingerprint density at radius 1 is 1.41 bits per heavy atom. The Kier molecular flexibility index (Phi) is 2.82. The first-order chi connectivity index (χ1) is 8.36. The van der Waals surface area contributed by atoms with Crippen molar-refractivity contribution in [2.45, 2.75) is 19.4 Å². The summed E-state index contributed by atoms with van der Waals surface area (Å²) in [6, 6.07) is 6.31. The summed E-state index contributed by atoms with van der Waals surface area (Å²) in [5, 5.41) is 3.06. The predicted molar refractivity (Wildman–Crippen MR) is 69.3 cm³/mol. The van der Waals surface area contributed by atoms with E-state index in [2.05, 4.69) is 17.1 Å². The molecule has 0 fully saturated rings. The smallest absolute Gasteiger partial charge is 0.123 e. The number of fused-ring (bicyclic) bond motifs is 1. The van der Waals surface area contributed by atoms with Crippen LogP contribution in [0.5, 0.6) is 5.75 Å². The fourth-order valence-electron chi connectivity index (χ4n) is 2.03. The van der Waals surface area contributed by atoms with Gasteiger partial charge in [0.2, 0.25) is 0 Å². The molecule has 0 spiro atoms. The van der Waals surface area contributed by atoms with E-state index in [0.717, 1.165) is 35.9 Å². The van der Waals surface area contributed by atoms with Crippen molar-refractivity contribution in [2.24, 2.45) is 5.73 Å². The van der Waals surface area contributed by atoms with E-state index < -0.39 is 0 Å². The maximum atomic E-state index is 5.60. The Morgan fingerprint density at radius 2 is 2.35 bits per heavy atom. The summed E-state index contributed by atoms with van der Waals surface area (Å²) in [6.45, 7) is 1.34. The highest BCUT2D eigenvalue weighted by Crippen LogP contribution is 2.31. The van der Waals surface area contributed by atoms with Gasteiger partial charge >= 0.3 is 0 Å². The summed E-state index contributed by atoms with van der Waals surface area (Å²) in [7, 11) is 0. The van der Waals surface area contributed by atoms with Crippen molar-refractivity contribution in [1.29, 1.82) is 0 Å². The van der Waals surface area contributed by atoms with Crippen LogP contribution in [0.25, 0.3) is 10.6 Å². The van der Waals surface area contributed by atoms with Crippen LogP contribution in [0.1, 0.15) is 17.7 Å². The van der Waals surface area contributed by atoms with Crippen LogP contribution in [0.15, 0.2) is 23.6 Å². The zero-order valence-corrected chi connectivity index (χ0v) is 10.3. The standard InChI is InChI=1S/C13H14N2OS/c14-7-11-8-17-13(15-11)10-3-4-12-9(6-10)2-1-5-16-12/h3-4,6,8H,1-2,5,7,14H2. The highest BCUT2D eigenvalue weighted by molar-refractivity contribution is 7.13. The van der Waals surface area contributed by atoms with Crippen molar-refractivity contribution < 1.29 is 4.74 Å². The number of rotatable bonds is 2. The Labute approximate surface area is 104 Å². The van der Waals surface area contributed by atoms with Gasteiger partial charge in [-0.05, 0) is 36.6 Å². The van der Waals surface area contributed by atoms with Gasteiger partial charge in [0, 0.05) is 17.5 Å². The van der Waals surface area contributed by atoms with Gasteiger partial charge in [0.05, 0.1) is 12.3 Å². The van der Waals surface area contributed by atoms with Crippen LogP contribution in [0, 0.1) is 0 Å². The number of benzene rings is 1. The van der Waals surface area contributed by atoms with Gasteiger partial charge in [-0.2, -0.15) is 0 Å². The Balaban J connectivity index is 1.97. The Morgan fingerprint density at radius 3 is 3.18 bits per heavy atom. The third-order valence-corrected chi connectivity index (χ3v) is 3.86. The number of thiazole rings is 1. The minimum Gasteiger partial charge on any atom is -0.493 e. The summed E-state index contributed by atoms with van der Waals surface area (Å²) < 4.78 is 5.60. The molecule has 0 saturated carbocycles. The second kappa shape index (κ2) is 4.47. The number of aryl methyl sites for hydroxylation is 1. The third kappa shape index (κ3) is 2.06. The summed E-state index contributed by atoms with van der Waals surface area (Å²) in [5.74, 6) is 1.02. The lowest BCUT2D eigenvalue weighted by Gasteiger charge is -2.17. The van der Waals surface area contributed by atoms with E-state index in [1.54, 1.807) is 11.3 Å². The van der Waals surface area contributed by atoms with Crippen molar-refractivity contribution in [3.8, 4) is 16.3 Å². The predicted octanol–water partition coefficient (Wildman–Crippen LogP) is 2.59. The normalized spacial score (nSPS) is 14.2. The number of hydrogen-bond acceptors (Lipinski definition) is 4.